The van der Waals surface area contributed by atoms with Crippen LogP contribution < -0.4 is 4.74 Å². The summed E-state index contributed by atoms with van der Waals surface area (Å²) in [7, 11) is 1.61. The van der Waals surface area contributed by atoms with Crippen LogP contribution in [0, 0.1) is 0 Å². The highest BCUT2D eigenvalue weighted by atomic mass is 16.5. The van der Waals surface area contributed by atoms with Crippen LogP contribution in [-0.4, -0.2) is 50.3 Å². The number of nitrogens with zero attached hydrogens (tertiary/aromatic N) is 1. The lowest BCUT2D eigenvalue weighted by Crippen LogP contribution is -2.50. The highest BCUT2D eigenvalue weighted by Gasteiger charge is 2.29. The van der Waals surface area contributed by atoms with Gasteiger partial charge in [0.05, 0.1) is 20.3 Å². The van der Waals surface area contributed by atoms with E-state index >= 15 is 0 Å². The number of esters is 1. The first-order chi connectivity index (χ1) is 9.74. The molecule has 20 heavy (non-hydrogen) atoms. The number of likely N-dealkylation sites (N-methyl/N-ethyl adjacent to an activating group) is 1. The monoisotopic (exact) mass is 279 g/mol. The topological polar surface area (TPSA) is 48.0 Å². The molecule has 110 valence electrons. The number of ether oxygens (including phenoxy) is 3. The Bertz CT molecular complexity index is 449. The molecule has 1 fully saturated rings. The van der Waals surface area contributed by atoms with Gasteiger partial charge in [-0.25, -0.2) is 0 Å². The van der Waals surface area contributed by atoms with Crippen LogP contribution in [0.5, 0.6) is 5.75 Å². The third-order valence-corrected chi connectivity index (χ3v) is 3.43. The van der Waals surface area contributed by atoms with E-state index < -0.39 is 0 Å². The van der Waals surface area contributed by atoms with E-state index in [9.17, 15) is 4.79 Å². The second-order valence-corrected chi connectivity index (χ2v) is 4.68. The van der Waals surface area contributed by atoms with Gasteiger partial charge < -0.3 is 14.2 Å². The van der Waals surface area contributed by atoms with E-state index in [1.165, 1.54) is 0 Å². The standard InChI is InChI=1S/C15H21NO4/c1-3-16-7-8-19-11-14(16)15(17)20-10-12-5-4-6-13(9-12)18-2/h4-6,9,14H,3,7-8,10-11H2,1-2H3/t14-/m0/s1. The lowest BCUT2D eigenvalue weighted by atomic mass is 10.2. The van der Waals surface area contributed by atoms with Gasteiger partial charge in [0.25, 0.3) is 0 Å². The zero-order chi connectivity index (χ0) is 14.4. The summed E-state index contributed by atoms with van der Waals surface area (Å²) in [6, 6.07) is 7.22. The van der Waals surface area contributed by atoms with Crippen molar-refractivity contribution in [2.45, 2.75) is 19.6 Å². The maximum atomic E-state index is 12.1. The summed E-state index contributed by atoms with van der Waals surface area (Å²) in [5.41, 5.74) is 0.914. The zero-order valence-corrected chi connectivity index (χ0v) is 12.0. The summed E-state index contributed by atoms with van der Waals surface area (Å²) in [6.45, 7) is 4.97. The van der Waals surface area contributed by atoms with Crippen LogP contribution in [0.2, 0.25) is 0 Å². The lowest BCUT2D eigenvalue weighted by Gasteiger charge is -2.32. The average molecular weight is 279 g/mol. The largest absolute Gasteiger partial charge is 0.497 e. The fourth-order valence-electron chi connectivity index (χ4n) is 2.25. The van der Waals surface area contributed by atoms with Gasteiger partial charge in [-0.2, -0.15) is 0 Å². The SMILES string of the molecule is CCN1CCOC[C@H]1C(=O)OCc1cccc(OC)c1. The Morgan fingerprint density at radius 2 is 2.35 bits per heavy atom. The molecule has 1 aromatic rings. The van der Waals surface area contributed by atoms with E-state index in [1.807, 2.05) is 31.2 Å². The van der Waals surface area contributed by atoms with Gasteiger partial charge in [-0.15, -0.1) is 0 Å². The second kappa shape index (κ2) is 7.26. The van der Waals surface area contributed by atoms with Gasteiger partial charge in [-0.3, -0.25) is 9.69 Å². The molecule has 1 aliphatic rings. The normalized spacial score (nSPS) is 19.6. The lowest BCUT2D eigenvalue weighted by molar-refractivity contribution is -0.157. The molecule has 1 saturated heterocycles. The second-order valence-electron chi connectivity index (χ2n) is 4.68. The number of rotatable bonds is 5. The van der Waals surface area contributed by atoms with Crippen LogP contribution in [0.15, 0.2) is 24.3 Å². The first kappa shape index (κ1) is 14.8. The Kier molecular flexibility index (Phi) is 5.38. The van der Waals surface area contributed by atoms with Crippen LogP contribution in [0.1, 0.15) is 12.5 Å². The molecular formula is C15H21NO4. The molecule has 0 spiro atoms. The summed E-state index contributed by atoms with van der Waals surface area (Å²) in [6.07, 6.45) is 0. The van der Waals surface area contributed by atoms with Gasteiger partial charge >= 0.3 is 5.97 Å². The summed E-state index contributed by atoms with van der Waals surface area (Å²) < 4.78 is 15.9. The molecule has 0 radical (unpaired) electrons. The summed E-state index contributed by atoms with van der Waals surface area (Å²) in [4.78, 5) is 14.2. The molecule has 1 heterocycles. The van der Waals surface area contributed by atoms with Gasteiger partial charge in [0.2, 0.25) is 0 Å². The molecule has 0 unspecified atom stereocenters. The maximum absolute atomic E-state index is 12.1. The molecular weight excluding hydrogens is 258 g/mol. The number of hydrogen-bond acceptors (Lipinski definition) is 5. The molecule has 1 atom stereocenters. The van der Waals surface area contributed by atoms with Crippen molar-refractivity contribution in [1.29, 1.82) is 0 Å². The van der Waals surface area contributed by atoms with E-state index in [-0.39, 0.29) is 18.6 Å². The zero-order valence-electron chi connectivity index (χ0n) is 12.0. The highest BCUT2D eigenvalue weighted by Crippen LogP contribution is 2.14. The van der Waals surface area contributed by atoms with Crippen molar-refractivity contribution in [3.63, 3.8) is 0 Å². The first-order valence-electron chi connectivity index (χ1n) is 6.86. The predicted molar refractivity (Wildman–Crippen MR) is 74.6 cm³/mol. The van der Waals surface area contributed by atoms with Crippen LogP contribution in [0.25, 0.3) is 0 Å². The van der Waals surface area contributed by atoms with Crippen LogP contribution in [0.4, 0.5) is 0 Å². The molecule has 0 N–H and O–H groups in total. The smallest absolute Gasteiger partial charge is 0.326 e. The Morgan fingerprint density at radius 3 is 3.10 bits per heavy atom. The Hall–Kier alpha value is -1.59. The average Bonchev–Trinajstić information content (AvgIpc) is 2.52. The molecule has 1 aromatic carbocycles. The number of benzene rings is 1. The molecule has 0 aromatic heterocycles. The van der Waals surface area contributed by atoms with Crippen LogP contribution in [-0.2, 0) is 20.9 Å². The van der Waals surface area contributed by atoms with Gasteiger partial charge in [0.15, 0.2) is 0 Å². The Labute approximate surface area is 119 Å². The molecule has 2 rings (SSSR count). The molecule has 0 aliphatic carbocycles. The molecule has 5 nitrogen and oxygen atoms in total. The minimum atomic E-state index is -0.292. The van der Waals surface area contributed by atoms with E-state index in [2.05, 4.69) is 4.90 Å². The van der Waals surface area contributed by atoms with Crippen molar-refractivity contribution >= 4 is 5.97 Å². The number of morpholine rings is 1. The summed E-state index contributed by atoms with van der Waals surface area (Å²) in [5, 5.41) is 0. The van der Waals surface area contributed by atoms with Crippen molar-refractivity contribution in [2.75, 3.05) is 33.4 Å². The van der Waals surface area contributed by atoms with Gasteiger partial charge in [0.1, 0.15) is 18.4 Å². The van der Waals surface area contributed by atoms with Crippen molar-refractivity contribution in [3.05, 3.63) is 29.8 Å². The molecule has 1 aliphatic heterocycles. The highest BCUT2D eigenvalue weighted by molar-refractivity contribution is 5.76. The van der Waals surface area contributed by atoms with Crippen LogP contribution in [0.3, 0.4) is 0 Å². The molecule has 5 heteroatoms. The molecule has 0 bridgehead atoms. The van der Waals surface area contributed by atoms with Crippen molar-refractivity contribution in [2.24, 2.45) is 0 Å². The third kappa shape index (κ3) is 3.71. The number of carbonyl (C=O) groups excluding carboxylic acids is 1. The fourth-order valence-corrected chi connectivity index (χ4v) is 2.25. The van der Waals surface area contributed by atoms with Crippen molar-refractivity contribution in [1.82, 2.24) is 4.90 Å². The fraction of sp³-hybridized carbons (Fsp3) is 0.533. The quantitative estimate of drug-likeness (QED) is 0.764. The molecule has 0 saturated carbocycles. The first-order valence-corrected chi connectivity index (χ1v) is 6.86. The Morgan fingerprint density at radius 1 is 1.50 bits per heavy atom. The van der Waals surface area contributed by atoms with E-state index in [4.69, 9.17) is 14.2 Å². The van der Waals surface area contributed by atoms with Gasteiger partial charge in [-0.1, -0.05) is 19.1 Å². The third-order valence-electron chi connectivity index (χ3n) is 3.43. The minimum Gasteiger partial charge on any atom is -0.497 e. The van der Waals surface area contributed by atoms with Gasteiger partial charge in [0, 0.05) is 6.54 Å². The maximum Gasteiger partial charge on any atom is 0.326 e. The summed E-state index contributed by atoms with van der Waals surface area (Å²) in [5.74, 6) is 0.532. The molecule has 0 amide bonds. The summed E-state index contributed by atoms with van der Waals surface area (Å²) >= 11 is 0. The van der Waals surface area contributed by atoms with E-state index in [0.717, 1.165) is 24.4 Å². The van der Waals surface area contributed by atoms with Crippen LogP contribution >= 0.6 is 0 Å². The van der Waals surface area contributed by atoms with Gasteiger partial charge in [-0.05, 0) is 24.2 Å². The number of hydrogen-bond donors (Lipinski definition) is 0. The minimum absolute atomic E-state index is 0.227. The number of methoxy groups -OCH3 is 1. The predicted octanol–water partition coefficient (Wildman–Crippen LogP) is 1.46. The number of carbonyl (C=O) groups is 1. The van der Waals surface area contributed by atoms with Crippen molar-refractivity contribution in [3.8, 4) is 5.75 Å². The van der Waals surface area contributed by atoms with E-state index in [1.54, 1.807) is 7.11 Å². The van der Waals surface area contributed by atoms with E-state index in [0.29, 0.717) is 13.2 Å². The van der Waals surface area contributed by atoms with Crippen molar-refractivity contribution < 1.29 is 19.0 Å². The Balaban J connectivity index is 1.90.